The summed E-state index contributed by atoms with van der Waals surface area (Å²) in [4.78, 5) is 42.6. The molecule has 0 unspecified atom stereocenters. The van der Waals surface area contributed by atoms with Gasteiger partial charge in [0.05, 0.1) is 24.9 Å². The highest BCUT2D eigenvalue weighted by molar-refractivity contribution is 5.86. The molecular formula is C34H45N5O6. The SMILES string of the molecule is COC(=O)N[C@H](C(=O)N[C@@H](Cc1ccccc1)[C@@H](O)CN(Cc1ccc(-c2ccccn2)cc1)NC(=O)OC(C)(C)C)C(C)C. The molecule has 11 heteroatoms. The first-order valence-electron chi connectivity index (χ1n) is 15.0. The van der Waals surface area contributed by atoms with E-state index in [9.17, 15) is 19.5 Å². The summed E-state index contributed by atoms with van der Waals surface area (Å²) in [5.74, 6) is -0.717. The predicted molar refractivity (Wildman–Crippen MR) is 172 cm³/mol. The maximum atomic E-state index is 13.4. The van der Waals surface area contributed by atoms with Crippen LogP contribution >= 0.6 is 0 Å². The number of pyridine rings is 1. The third kappa shape index (κ3) is 11.8. The zero-order valence-corrected chi connectivity index (χ0v) is 26.8. The number of nitrogens with zero attached hydrogens (tertiary/aromatic N) is 2. The smallest absolute Gasteiger partial charge is 0.422 e. The summed E-state index contributed by atoms with van der Waals surface area (Å²) in [6.45, 7) is 9.09. The van der Waals surface area contributed by atoms with Gasteiger partial charge in [-0.2, -0.15) is 0 Å². The van der Waals surface area contributed by atoms with Crippen molar-refractivity contribution in [1.82, 2.24) is 26.1 Å². The first-order chi connectivity index (χ1) is 21.3. The summed E-state index contributed by atoms with van der Waals surface area (Å²) in [5.41, 5.74) is 5.56. The standard InChI is InChI=1S/C34H45N5O6/c1-23(2)30(37-32(42)44-6)31(41)36-28(20-24-12-8-7-9-13-24)29(40)22-39(38-33(43)45-34(3,4)5)21-25-15-17-26(18-16-25)27-14-10-11-19-35-27/h7-19,23,28-30,40H,20-22H2,1-6H3,(H,36,41)(H,37,42)(H,38,43)/t28-,29-,30-/m0/s1. The Labute approximate surface area is 265 Å². The summed E-state index contributed by atoms with van der Waals surface area (Å²) in [5, 5.41) is 18.6. The lowest BCUT2D eigenvalue weighted by molar-refractivity contribution is -0.125. The van der Waals surface area contributed by atoms with Crippen LogP contribution in [0.3, 0.4) is 0 Å². The third-order valence-electron chi connectivity index (χ3n) is 6.84. The highest BCUT2D eigenvalue weighted by atomic mass is 16.6. The monoisotopic (exact) mass is 619 g/mol. The second-order valence-electron chi connectivity index (χ2n) is 12.1. The normalized spacial score (nSPS) is 13.4. The number of carbonyl (C=O) groups excluding carboxylic acids is 3. The molecule has 0 bridgehead atoms. The average Bonchev–Trinajstić information content (AvgIpc) is 2.99. The van der Waals surface area contributed by atoms with Crippen molar-refractivity contribution < 1.29 is 29.0 Å². The second kappa shape index (κ2) is 16.6. The second-order valence-corrected chi connectivity index (χ2v) is 12.1. The van der Waals surface area contributed by atoms with Crippen LogP contribution in [0.5, 0.6) is 0 Å². The summed E-state index contributed by atoms with van der Waals surface area (Å²) < 4.78 is 10.2. The van der Waals surface area contributed by atoms with Crippen molar-refractivity contribution in [2.24, 2.45) is 5.92 Å². The quantitative estimate of drug-likeness (QED) is 0.206. The molecule has 11 nitrogen and oxygen atoms in total. The molecule has 3 atom stereocenters. The molecule has 1 heterocycles. The molecule has 0 aliphatic rings. The minimum atomic E-state index is -1.14. The van der Waals surface area contributed by atoms with Crippen LogP contribution < -0.4 is 16.1 Å². The van der Waals surface area contributed by atoms with Crippen molar-refractivity contribution >= 4 is 18.1 Å². The number of rotatable bonds is 13. The molecule has 0 fully saturated rings. The van der Waals surface area contributed by atoms with Crippen LogP contribution in [-0.2, 0) is 27.2 Å². The highest BCUT2D eigenvalue weighted by Gasteiger charge is 2.31. The van der Waals surface area contributed by atoms with E-state index in [-0.39, 0.29) is 19.0 Å². The van der Waals surface area contributed by atoms with E-state index in [1.54, 1.807) is 45.8 Å². The number of benzene rings is 2. The van der Waals surface area contributed by atoms with Crippen molar-refractivity contribution in [2.75, 3.05) is 13.7 Å². The number of alkyl carbamates (subject to hydrolysis) is 1. The largest absolute Gasteiger partial charge is 0.453 e. The maximum Gasteiger partial charge on any atom is 0.422 e. The van der Waals surface area contributed by atoms with E-state index >= 15 is 0 Å². The zero-order valence-electron chi connectivity index (χ0n) is 26.8. The van der Waals surface area contributed by atoms with Gasteiger partial charge in [0.15, 0.2) is 0 Å². The summed E-state index contributed by atoms with van der Waals surface area (Å²) in [7, 11) is 1.23. The number of aliphatic hydroxyl groups is 1. The molecule has 3 rings (SSSR count). The Balaban J connectivity index is 1.84. The van der Waals surface area contributed by atoms with E-state index in [2.05, 4.69) is 21.0 Å². The van der Waals surface area contributed by atoms with Gasteiger partial charge in [0.1, 0.15) is 11.6 Å². The zero-order chi connectivity index (χ0) is 33.0. The maximum absolute atomic E-state index is 13.4. The molecule has 2 aromatic carbocycles. The van der Waals surface area contributed by atoms with Gasteiger partial charge in [-0.25, -0.2) is 14.6 Å². The summed E-state index contributed by atoms with van der Waals surface area (Å²) >= 11 is 0. The van der Waals surface area contributed by atoms with Crippen LogP contribution in [-0.4, -0.2) is 70.6 Å². The number of hydrogen-bond donors (Lipinski definition) is 4. The van der Waals surface area contributed by atoms with Crippen LogP contribution in [0.1, 0.15) is 45.7 Å². The topological polar surface area (TPSA) is 142 Å². The van der Waals surface area contributed by atoms with Crippen molar-refractivity contribution in [3.8, 4) is 11.3 Å². The summed E-state index contributed by atoms with van der Waals surface area (Å²) in [6, 6.07) is 21.2. The molecular weight excluding hydrogens is 574 g/mol. The number of hydrogen-bond acceptors (Lipinski definition) is 8. The van der Waals surface area contributed by atoms with Gasteiger partial charge in [-0.15, -0.1) is 0 Å². The number of amides is 3. The molecule has 1 aromatic heterocycles. The molecule has 0 aliphatic heterocycles. The molecule has 0 saturated heterocycles. The number of aliphatic hydroxyl groups excluding tert-OH is 1. The Morgan fingerprint density at radius 1 is 0.889 bits per heavy atom. The van der Waals surface area contributed by atoms with Gasteiger partial charge >= 0.3 is 12.2 Å². The van der Waals surface area contributed by atoms with Gasteiger partial charge in [-0.1, -0.05) is 74.5 Å². The number of ether oxygens (including phenoxy) is 2. The Hall–Kier alpha value is -4.48. The van der Waals surface area contributed by atoms with E-state index in [0.29, 0.717) is 6.42 Å². The van der Waals surface area contributed by atoms with Crippen molar-refractivity contribution in [1.29, 1.82) is 0 Å². The fourth-order valence-electron chi connectivity index (χ4n) is 4.61. The van der Waals surface area contributed by atoms with E-state index < -0.39 is 41.9 Å². The molecule has 0 spiro atoms. The minimum Gasteiger partial charge on any atom is -0.453 e. The summed E-state index contributed by atoms with van der Waals surface area (Å²) in [6.07, 6.45) is -0.508. The van der Waals surface area contributed by atoms with Crippen molar-refractivity contribution in [2.45, 2.75) is 71.4 Å². The number of hydrazine groups is 1. The molecule has 242 valence electrons. The third-order valence-corrected chi connectivity index (χ3v) is 6.84. The molecule has 45 heavy (non-hydrogen) atoms. The fourth-order valence-corrected chi connectivity index (χ4v) is 4.61. The Morgan fingerprint density at radius 3 is 2.13 bits per heavy atom. The molecule has 0 saturated carbocycles. The molecule has 4 N–H and O–H groups in total. The molecule has 3 aromatic rings. The number of carbonyl (C=O) groups is 3. The Bertz CT molecular complexity index is 1360. The molecule has 0 aliphatic carbocycles. The number of nitrogens with one attached hydrogen (secondary N) is 3. The highest BCUT2D eigenvalue weighted by Crippen LogP contribution is 2.18. The number of methoxy groups -OCH3 is 1. The predicted octanol–water partition coefficient (Wildman–Crippen LogP) is 4.46. The van der Waals surface area contributed by atoms with Gasteiger partial charge in [0.25, 0.3) is 0 Å². The van der Waals surface area contributed by atoms with Gasteiger partial charge in [0, 0.05) is 24.8 Å². The van der Waals surface area contributed by atoms with Crippen LogP contribution in [0.4, 0.5) is 9.59 Å². The van der Waals surface area contributed by atoms with Gasteiger partial charge in [-0.3, -0.25) is 15.2 Å². The van der Waals surface area contributed by atoms with E-state index in [4.69, 9.17) is 9.47 Å². The fraction of sp³-hybridized carbons (Fsp3) is 0.412. The Kier molecular flexibility index (Phi) is 12.9. The number of aromatic nitrogens is 1. The van der Waals surface area contributed by atoms with E-state index in [1.165, 1.54) is 7.11 Å². The molecule has 3 amide bonds. The first kappa shape index (κ1) is 35.0. The van der Waals surface area contributed by atoms with E-state index in [0.717, 1.165) is 22.4 Å². The molecule has 0 radical (unpaired) electrons. The van der Waals surface area contributed by atoms with Crippen LogP contribution in [0.2, 0.25) is 0 Å². The lowest BCUT2D eigenvalue weighted by Crippen LogP contribution is -2.57. The first-order valence-corrected chi connectivity index (χ1v) is 15.0. The van der Waals surface area contributed by atoms with E-state index in [1.807, 2.05) is 72.8 Å². The van der Waals surface area contributed by atoms with Gasteiger partial charge in [0.2, 0.25) is 5.91 Å². The van der Waals surface area contributed by atoms with Crippen LogP contribution in [0, 0.1) is 5.92 Å². The van der Waals surface area contributed by atoms with Crippen LogP contribution in [0.25, 0.3) is 11.3 Å². The average molecular weight is 620 g/mol. The van der Waals surface area contributed by atoms with Crippen molar-refractivity contribution in [3.05, 3.63) is 90.1 Å². The lowest BCUT2D eigenvalue weighted by atomic mass is 9.98. The Morgan fingerprint density at radius 2 is 1.56 bits per heavy atom. The van der Waals surface area contributed by atoms with Crippen LogP contribution in [0.15, 0.2) is 79.0 Å². The minimum absolute atomic E-state index is 0.0458. The van der Waals surface area contributed by atoms with Crippen molar-refractivity contribution in [3.63, 3.8) is 0 Å². The lowest BCUT2D eigenvalue weighted by Gasteiger charge is -2.32. The van der Waals surface area contributed by atoms with Gasteiger partial charge < -0.3 is 25.2 Å². The van der Waals surface area contributed by atoms with Gasteiger partial charge in [-0.05, 0) is 56.4 Å².